The smallest absolute Gasteiger partial charge is 0.324 e. The van der Waals surface area contributed by atoms with Crippen LogP contribution in [-0.2, 0) is 6.54 Å². The number of aromatic nitrogens is 2. The normalized spacial score (nSPS) is 20.8. The zero-order valence-corrected chi connectivity index (χ0v) is 18.2. The molecule has 5 nitrogen and oxygen atoms in total. The lowest BCUT2D eigenvalue weighted by atomic mass is 10.1. The predicted octanol–water partition coefficient (Wildman–Crippen LogP) is 4.16. The van der Waals surface area contributed by atoms with Gasteiger partial charge in [-0.2, -0.15) is 0 Å². The van der Waals surface area contributed by atoms with Crippen molar-refractivity contribution in [1.29, 1.82) is 0 Å². The zero-order chi connectivity index (χ0) is 20.7. The Morgan fingerprint density at radius 1 is 1.20 bits per heavy atom. The van der Waals surface area contributed by atoms with Gasteiger partial charge in [0.15, 0.2) is 0 Å². The van der Waals surface area contributed by atoms with Crippen LogP contribution in [0, 0.1) is 6.92 Å². The van der Waals surface area contributed by atoms with Crippen LogP contribution in [0.5, 0.6) is 0 Å². The number of imidazole rings is 1. The van der Waals surface area contributed by atoms with Gasteiger partial charge < -0.3 is 9.88 Å². The van der Waals surface area contributed by atoms with Crippen LogP contribution in [0.25, 0.3) is 11.0 Å². The van der Waals surface area contributed by atoms with Crippen LogP contribution in [0.3, 0.4) is 0 Å². The van der Waals surface area contributed by atoms with Gasteiger partial charge in [0, 0.05) is 43.9 Å². The molecule has 0 radical (unpaired) electrons. The van der Waals surface area contributed by atoms with E-state index in [1.807, 2.05) is 37.3 Å². The van der Waals surface area contributed by atoms with E-state index in [9.17, 15) is 4.79 Å². The SMILES string of the molecule is Cc1nc2ccc(Cl)cc2n1Cc1ccc(C(=O)[N+]2(C3CCNC3)CCCC2)cc1. The van der Waals surface area contributed by atoms with Crippen molar-refractivity contribution in [1.82, 2.24) is 14.9 Å². The fraction of sp³-hybridized carbons (Fsp3) is 0.417. The number of quaternary nitrogens is 1. The van der Waals surface area contributed by atoms with E-state index < -0.39 is 0 Å². The van der Waals surface area contributed by atoms with E-state index in [1.165, 1.54) is 0 Å². The molecule has 1 aromatic heterocycles. The molecule has 1 unspecified atom stereocenters. The molecule has 3 heterocycles. The fourth-order valence-electron chi connectivity index (χ4n) is 5.30. The van der Waals surface area contributed by atoms with Crippen LogP contribution in [-0.4, -0.2) is 52.2 Å². The molecule has 2 aliphatic rings. The lowest BCUT2D eigenvalue weighted by Crippen LogP contribution is -2.58. The van der Waals surface area contributed by atoms with Gasteiger partial charge in [-0.3, -0.25) is 4.48 Å². The third-order valence-electron chi connectivity index (χ3n) is 6.94. The van der Waals surface area contributed by atoms with E-state index in [0.29, 0.717) is 28.0 Å². The molecule has 0 aliphatic carbocycles. The highest BCUT2D eigenvalue weighted by molar-refractivity contribution is 6.31. The molecule has 2 aromatic carbocycles. The van der Waals surface area contributed by atoms with E-state index in [-0.39, 0.29) is 0 Å². The number of aryl methyl sites for hydroxylation is 1. The number of hydrogen-bond acceptors (Lipinski definition) is 3. The first-order valence-electron chi connectivity index (χ1n) is 10.9. The number of fused-ring (bicyclic) bond motifs is 1. The van der Waals surface area contributed by atoms with Gasteiger partial charge in [-0.15, -0.1) is 0 Å². The van der Waals surface area contributed by atoms with E-state index in [1.54, 1.807) is 0 Å². The minimum absolute atomic E-state index is 0.295. The molecule has 3 aromatic rings. The molecule has 1 amide bonds. The number of likely N-dealkylation sites (tertiary alicyclic amines) is 1. The Hall–Kier alpha value is -2.21. The molecule has 30 heavy (non-hydrogen) atoms. The molecule has 5 rings (SSSR count). The van der Waals surface area contributed by atoms with E-state index in [2.05, 4.69) is 27.0 Å². The summed E-state index contributed by atoms with van der Waals surface area (Å²) in [6, 6.07) is 14.4. The molecule has 2 aliphatic heterocycles. The molecule has 156 valence electrons. The number of nitrogens with one attached hydrogen (secondary N) is 1. The highest BCUT2D eigenvalue weighted by atomic mass is 35.5. The van der Waals surface area contributed by atoms with E-state index in [0.717, 1.165) is 73.4 Å². The summed E-state index contributed by atoms with van der Waals surface area (Å²) in [6.07, 6.45) is 3.39. The molecule has 2 saturated heterocycles. The Balaban J connectivity index is 1.40. The Morgan fingerprint density at radius 2 is 1.97 bits per heavy atom. The van der Waals surface area contributed by atoms with Gasteiger partial charge >= 0.3 is 5.91 Å². The zero-order valence-electron chi connectivity index (χ0n) is 17.4. The van der Waals surface area contributed by atoms with Crippen LogP contribution in [0.2, 0.25) is 5.02 Å². The average molecular weight is 424 g/mol. The quantitative estimate of drug-likeness (QED) is 0.641. The molecular formula is C24H28ClN4O+. The highest BCUT2D eigenvalue weighted by Gasteiger charge is 2.47. The van der Waals surface area contributed by atoms with Crippen LogP contribution >= 0.6 is 11.6 Å². The summed E-state index contributed by atoms with van der Waals surface area (Å²) in [5.41, 5.74) is 3.98. The number of amides is 1. The Kier molecular flexibility index (Phi) is 5.13. The van der Waals surface area contributed by atoms with Gasteiger partial charge in [-0.25, -0.2) is 9.78 Å². The number of carbonyl (C=O) groups excluding carboxylic acids is 1. The third kappa shape index (κ3) is 3.35. The Labute approximate surface area is 182 Å². The summed E-state index contributed by atoms with van der Waals surface area (Å²) in [5, 5.41) is 4.17. The lowest BCUT2D eigenvalue weighted by molar-refractivity contribution is -0.860. The van der Waals surface area contributed by atoms with Crippen molar-refractivity contribution in [3.05, 3.63) is 64.4 Å². The van der Waals surface area contributed by atoms with Gasteiger partial charge in [-0.1, -0.05) is 23.7 Å². The largest absolute Gasteiger partial charge is 0.346 e. The summed E-state index contributed by atoms with van der Waals surface area (Å²) in [5.74, 6) is 1.26. The Bertz CT molecular complexity index is 1080. The van der Waals surface area contributed by atoms with Crippen molar-refractivity contribution in [2.24, 2.45) is 0 Å². The van der Waals surface area contributed by atoms with Gasteiger partial charge in [-0.05, 0) is 42.8 Å². The van der Waals surface area contributed by atoms with Crippen LogP contribution in [0.15, 0.2) is 42.5 Å². The number of halogens is 1. The maximum absolute atomic E-state index is 13.6. The minimum atomic E-state index is 0.295. The number of hydrogen-bond donors (Lipinski definition) is 1. The van der Waals surface area contributed by atoms with Crippen molar-refractivity contribution in [3.8, 4) is 0 Å². The van der Waals surface area contributed by atoms with Gasteiger partial charge in [0.05, 0.1) is 29.7 Å². The highest BCUT2D eigenvalue weighted by Crippen LogP contribution is 2.30. The minimum Gasteiger partial charge on any atom is -0.324 e. The summed E-state index contributed by atoms with van der Waals surface area (Å²) in [7, 11) is 0. The summed E-state index contributed by atoms with van der Waals surface area (Å²) in [6.45, 7) is 6.67. The maximum atomic E-state index is 13.6. The second-order valence-electron chi connectivity index (χ2n) is 8.72. The molecule has 0 saturated carbocycles. The Morgan fingerprint density at radius 3 is 2.67 bits per heavy atom. The first kappa shape index (κ1) is 19.7. The molecule has 1 atom stereocenters. The monoisotopic (exact) mass is 423 g/mol. The van der Waals surface area contributed by atoms with Crippen molar-refractivity contribution in [2.45, 2.75) is 38.8 Å². The first-order valence-corrected chi connectivity index (χ1v) is 11.3. The molecule has 0 bridgehead atoms. The maximum Gasteiger partial charge on any atom is 0.346 e. The number of nitrogens with zero attached hydrogens (tertiary/aromatic N) is 3. The fourth-order valence-corrected chi connectivity index (χ4v) is 5.47. The standard InChI is InChI=1S/C24H28ClN4O/c1-17-27-22-9-8-20(25)14-23(22)28(17)16-18-4-6-19(7-5-18)24(30)29(12-2-3-13-29)21-10-11-26-15-21/h4-9,14,21,26H,2-3,10-13,15-16H2,1H3/q+1. The van der Waals surface area contributed by atoms with Crippen LogP contribution in [0.1, 0.15) is 41.0 Å². The number of carbonyl (C=O) groups is 1. The predicted molar refractivity (Wildman–Crippen MR) is 120 cm³/mol. The number of benzene rings is 2. The summed E-state index contributed by atoms with van der Waals surface area (Å²) in [4.78, 5) is 18.2. The molecule has 6 heteroatoms. The summed E-state index contributed by atoms with van der Waals surface area (Å²) < 4.78 is 2.81. The molecule has 2 fully saturated rings. The van der Waals surface area contributed by atoms with Crippen molar-refractivity contribution in [2.75, 3.05) is 26.2 Å². The summed E-state index contributed by atoms with van der Waals surface area (Å²) >= 11 is 6.20. The van der Waals surface area contributed by atoms with Crippen LogP contribution in [0.4, 0.5) is 0 Å². The lowest BCUT2D eigenvalue weighted by Gasteiger charge is -2.36. The van der Waals surface area contributed by atoms with Crippen molar-refractivity contribution in [3.63, 3.8) is 0 Å². The number of rotatable bonds is 4. The topological polar surface area (TPSA) is 46.9 Å². The van der Waals surface area contributed by atoms with E-state index in [4.69, 9.17) is 11.6 Å². The third-order valence-corrected chi connectivity index (χ3v) is 7.18. The van der Waals surface area contributed by atoms with Crippen molar-refractivity contribution >= 4 is 28.5 Å². The first-order chi connectivity index (χ1) is 14.6. The van der Waals surface area contributed by atoms with Crippen molar-refractivity contribution < 1.29 is 9.28 Å². The molecular weight excluding hydrogens is 396 g/mol. The molecule has 1 N–H and O–H groups in total. The van der Waals surface area contributed by atoms with Gasteiger partial charge in [0.1, 0.15) is 11.9 Å². The second-order valence-corrected chi connectivity index (χ2v) is 9.15. The van der Waals surface area contributed by atoms with Gasteiger partial charge in [0.25, 0.3) is 0 Å². The average Bonchev–Trinajstić information content (AvgIpc) is 3.50. The molecule has 0 spiro atoms. The van der Waals surface area contributed by atoms with Gasteiger partial charge in [0.2, 0.25) is 0 Å². The second kappa shape index (κ2) is 7.80. The van der Waals surface area contributed by atoms with Crippen LogP contribution < -0.4 is 5.32 Å². The van der Waals surface area contributed by atoms with E-state index >= 15 is 0 Å².